The van der Waals surface area contributed by atoms with E-state index < -0.39 is 11.7 Å². The van der Waals surface area contributed by atoms with E-state index in [-0.39, 0.29) is 6.04 Å². The molecule has 1 saturated heterocycles. The van der Waals surface area contributed by atoms with Gasteiger partial charge in [0.25, 0.3) is 0 Å². The number of likely N-dealkylation sites (tertiary alicyclic amines) is 1. The fourth-order valence-electron chi connectivity index (χ4n) is 3.31. The fourth-order valence-corrected chi connectivity index (χ4v) is 3.31. The summed E-state index contributed by atoms with van der Waals surface area (Å²) in [5, 5.41) is 6.58. The summed E-state index contributed by atoms with van der Waals surface area (Å²) >= 11 is 0. The van der Waals surface area contributed by atoms with Crippen LogP contribution in [0.5, 0.6) is 0 Å². The molecule has 1 aromatic carbocycles. The van der Waals surface area contributed by atoms with Gasteiger partial charge in [0.15, 0.2) is 5.96 Å². The number of nitrogens with one attached hydrogen (secondary N) is 2. The largest absolute Gasteiger partial charge is 0.444 e. The molecular formula is C20H26F3N5O. The molecule has 158 valence electrons. The van der Waals surface area contributed by atoms with Crippen LogP contribution in [0.3, 0.4) is 0 Å². The number of hydrogen-bond acceptors (Lipinski definition) is 4. The normalized spacial score (nSPS) is 18.3. The summed E-state index contributed by atoms with van der Waals surface area (Å²) in [4.78, 5) is 10.8. The second kappa shape index (κ2) is 8.86. The van der Waals surface area contributed by atoms with Crippen molar-refractivity contribution < 1.29 is 17.6 Å². The first-order valence-corrected chi connectivity index (χ1v) is 9.53. The molecule has 1 aromatic heterocycles. The maximum absolute atomic E-state index is 12.7. The molecule has 0 amide bonds. The molecule has 1 aliphatic heterocycles. The smallest absolute Gasteiger partial charge is 0.416 e. The monoisotopic (exact) mass is 409 g/mol. The Labute approximate surface area is 168 Å². The zero-order chi connectivity index (χ0) is 21.0. The van der Waals surface area contributed by atoms with Crippen molar-refractivity contribution in [1.82, 2.24) is 20.5 Å². The lowest BCUT2D eigenvalue weighted by Gasteiger charge is -2.19. The highest BCUT2D eigenvalue weighted by atomic mass is 19.4. The zero-order valence-corrected chi connectivity index (χ0v) is 16.8. The quantitative estimate of drug-likeness (QED) is 0.586. The molecule has 6 nitrogen and oxygen atoms in total. The predicted molar refractivity (Wildman–Crippen MR) is 104 cm³/mol. The Morgan fingerprint density at radius 3 is 2.59 bits per heavy atom. The molecule has 9 heteroatoms. The number of aryl methyl sites for hydroxylation is 2. The van der Waals surface area contributed by atoms with Crippen molar-refractivity contribution in [3.05, 3.63) is 52.7 Å². The van der Waals surface area contributed by atoms with Gasteiger partial charge in [-0.25, -0.2) is 4.98 Å². The molecule has 2 heterocycles. The van der Waals surface area contributed by atoms with Crippen LogP contribution in [0, 0.1) is 13.8 Å². The van der Waals surface area contributed by atoms with Crippen molar-refractivity contribution in [1.29, 1.82) is 0 Å². The molecule has 2 N–H and O–H groups in total. The van der Waals surface area contributed by atoms with Gasteiger partial charge < -0.3 is 15.1 Å². The van der Waals surface area contributed by atoms with Crippen LogP contribution in [-0.4, -0.2) is 42.0 Å². The number of aliphatic imine (C=N–C) groups is 1. The molecule has 1 fully saturated rings. The summed E-state index contributed by atoms with van der Waals surface area (Å²) in [6.07, 6.45) is -3.37. The van der Waals surface area contributed by atoms with Crippen molar-refractivity contribution in [2.75, 3.05) is 20.1 Å². The van der Waals surface area contributed by atoms with E-state index >= 15 is 0 Å². The number of aromatic nitrogens is 1. The van der Waals surface area contributed by atoms with Gasteiger partial charge in [-0.3, -0.25) is 9.89 Å². The number of alkyl halides is 3. The van der Waals surface area contributed by atoms with Crippen LogP contribution in [0.1, 0.15) is 34.9 Å². The van der Waals surface area contributed by atoms with Crippen molar-refractivity contribution in [2.45, 2.75) is 45.6 Å². The zero-order valence-electron chi connectivity index (χ0n) is 16.8. The minimum absolute atomic E-state index is 0.212. The molecular weight excluding hydrogens is 383 g/mol. The van der Waals surface area contributed by atoms with Crippen LogP contribution in [0.2, 0.25) is 0 Å². The first-order valence-electron chi connectivity index (χ1n) is 9.53. The lowest BCUT2D eigenvalue weighted by Crippen LogP contribution is -2.44. The van der Waals surface area contributed by atoms with Crippen LogP contribution < -0.4 is 10.6 Å². The lowest BCUT2D eigenvalue weighted by atomic mass is 10.1. The summed E-state index contributed by atoms with van der Waals surface area (Å²) in [5.74, 6) is 2.08. The second-order valence-corrected chi connectivity index (χ2v) is 7.23. The third-order valence-electron chi connectivity index (χ3n) is 5.00. The van der Waals surface area contributed by atoms with E-state index in [0.717, 1.165) is 48.7 Å². The summed E-state index contributed by atoms with van der Waals surface area (Å²) in [6.45, 7) is 6.50. The molecule has 29 heavy (non-hydrogen) atoms. The highest BCUT2D eigenvalue weighted by molar-refractivity contribution is 5.79. The average Bonchev–Trinajstić information content (AvgIpc) is 3.24. The van der Waals surface area contributed by atoms with Gasteiger partial charge in [-0.15, -0.1) is 0 Å². The first-order chi connectivity index (χ1) is 13.7. The molecule has 1 atom stereocenters. The number of benzene rings is 1. The van der Waals surface area contributed by atoms with E-state index in [1.807, 2.05) is 13.8 Å². The number of nitrogens with zero attached hydrogens (tertiary/aromatic N) is 3. The molecule has 3 rings (SSSR count). The van der Waals surface area contributed by atoms with Gasteiger partial charge in [0.2, 0.25) is 5.89 Å². The first kappa shape index (κ1) is 21.2. The molecule has 0 aliphatic carbocycles. The number of halogens is 3. The molecule has 0 bridgehead atoms. The minimum Gasteiger partial charge on any atom is -0.444 e. The second-order valence-electron chi connectivity index (χ2n) is 7.23. The van der Waals surface area contributed by atoms with Gasteiger partial charge in [0, 0.05) is 32.7 Å². The third kappa shape index (κ3) is 5.72. The maximum Gasteiger partial charge on any atom is 0.416 e. The van der Waals surface area contributed by atoms with E-state index in [4.69, 9.17) is 4.42 Å². The Morgan fingerprint density at radius 1 is 1.28 bits per heavy atom. The fraction of sp³-hybridized carbons (Fsp3) is 0.500. The summed E-state index contributed by atoms with van der Waals surface area (Å²) < 4.78 is 43.6. The number of rotatable bonds is 5. The van der Waals surface area contributed by atoms with Crippen molar-refractivity contribution in [3.8, 4) is 0 Å². The van der Waals surface area contributed by atoms with Crippen molar-refractivity contribution >= 4 is 5.96 Å². The Kier molecular flexibility index (Phi) is 6.46. The molecule has 0 spiro atoms. The average molecular weight is 409 g/mol. The molecule has 1 unspecified atom stereocenters. The van der Waals surface area contributed by atoms with Crippen LogP contribution in [0.4, 0.5) is 13.2 Å². The van der Waals surface area contributed by atoms with Crippen LogP contribution in [0.15, 0.2) is 33.7 Å². The van der Waals surface area contributed by atoms with Gasteiger partial charge in [-0.2, -0.15) is 13.2 Å². The number of hydrogen-bond donors (Lipinski definition) is 2. The Morgan fingerprint density at radius 2 is 2.00 bits per heavy atom. The minimum atomic E-state index is -4.30. The van der Waals surface area contributed by atoms with Gasteiger partial charge in [-0.05, 0) is 38.0 Å². The number of guanidine groups is 1. The summed E-state index contributed by atoms with van der Waals surface area (Å²) in [5.41, 5.74) is 1.13. The third-order valence-corrected chi connectivity index (χ3v) is 5.00. The standard InChI is InChI=1S/C20H26F3N5O/c1-13-14(2)29-18(26-13)10-25-19(24-3)27-17-8-9-28(12-17)11-15-4-6-16(7-5-15)20(21,22)23/h4-7,17H,8-12H2,1-3H3,(H2,24,25,27). The van der Waals surface area contributed by atoms with E-state index in [1.165, 1.54) is 0 Å². The molecule has 1 aliphatic rings. The van der Waals surface area contributed by atoms with Crippen molar-refractivity contribution in [3.63, 3.8) is 0 Å². The van der Waals surface area contributed by atoms with E-state index in [2.05, 4.69) is 25.5 Å². The lowest BCUT2D eigenvalue weighted by molar-refractivity contribution is -0.137. The van der Waals surface area contributed by atoms with Crippen LogP contribution >= 0.6 is 0 Å². The van der Waals surface area contributed by atoms with Gasteiger partial charge >= 0.3 is 6.18 Å². The SMILES string of the molecule is CN=C(NCc1nc(C)c(C)o1)NC1CCN(Cc2ccc(C(F)(F)F)cc2)C1. The maximum atomic E-state index is 12.7. The topological polar surface area (TPSA) is 65.7 Å². The van der Waals surface area contributed by atoms with Crippen LogP contribution in [-0.2, 0) is 19.3 Å². The summed E-state index contributed by atoms with van der Waals surface area (Å²) in [7, 11) is 1.70. The molecule has 0 radical (unpaired) electrons. The van der Waals surface area contributed by atoms with Gasteiger partial charge in [-0.1, -0.05) is 12.1 Å². The Bertz CT molecular complexity index is 825. The summed E-state index contributed by atoms with van der Waals surface area (Å²) in [6, 6.07) is 5.58. The highest BCUT2D eigenvalue weighted by Gasteiger charge is 2.30. The number of oxazole rings is 1. The van der Waals surface area contributed by atoms with Gasteiger partial charge in [0.1, 0.15) is 5.76 Å². The molecule has 0 saturated carbocycles. The van der Waals surface area contributed by atoms with E-state index in [0.29, 0.717) is 24.9 Å². The van der Waals surface area contributed by atoms with Crippen LogP contribution in [0.25, 0.3) is 0 Å². The Balaban J connectivity index is 1.47. The van der Waals surface area contributed by atoms with Crippen molar-refractivity contribution in [2.24, 2.45) is 4.99 Å². The van der Waals surface area contributed by atoms with E-state index in [1.54, 1.807) is 19.2 Å². The van der Waals surface area contributed by atoms with Gasteiger partial charge in [0.05, 0.1) is 17.8 Å². The molecule has 2 aromatic rings. The highest BCUT2D eigenvalue weighted by Crippen LogP contribution is 2.29. The Hall–Kier alpha value is -2.55. The predicted octanol–water partition coefficient (Wildman–Crippen LogP) is 3.25. The van der Waals surface area contributed by atoms with E-state index in [9.17, 15) is 13.2 Å².